The molecule has 1 aliphatic heterocycles. The number of ketones is 1. The average molecular weight is 476 g/mol. The first-order valence-electron chi connectivity index (χ1n) is 11.8. The highest BCUT2D eigenvalue weighted by Crippen LogP contribution is 2.41. The van der Waals surface area contributed by atoms with Crippen molar-refractivity contribution in [2.45, 2.75) is 39.3 Å². The van der Waals surface area contributed by atoms with E-state index in [0.717, 1.165) is 12.8 Å². The van der Waals surface area contributed by atoms with E-state index in [0.29, 0.717) is 41.6 Å². The first-order chi connectivity index (χ1) is 17.0. The van der Waals surface area contributed by atoms with E-state index in [4.69, 9.17) is 13.9 Å². The molecule has 1 atom stereocenters. The van der Waals surface area contributed by atoms with E-state index in [-0.39, 0.29) is 17.9 Å². The van der Waals surface area contributed by atoms with Crippen LogP contribution in [-0.2, 0) is 16.1 Å². The Labute approximate surface area is 204 Å². The summed E-state index contributed by atoms with van der Waals surface area (Å²) in [5, 5.41) is 11.2. The molecule has 0 aliphatic carbocycles. The highest BCUT2D eigenvalue weighted by atomic mass is 16.5. The minimum absolute atomic E-state index is 0.0245. The zero-order valence-corrected chi connectivity index (χ0v) is 19.9. The lowest BCUT2D eigenvalue weighted by atomic mass is 9.95. The number of amides is 1. The van der Waals surface area contributed by atoms with Crippen molar-refractivity contribution in [2.75, 3.05) is 13.2 Å². The Morgan fingerprint density at radius 1 is 1.00 bits per heavy atom. The lowest BCUT2D eigenvalue weighted by molar-refractivity contribution is -0.140. The Hall–Kier alpha value is -4.00. The van der Waals surface area contributed by atoms with Crippen molar-refractivity contribution in [3.05, 3.63) is 89.4 Å². The molecular formula is C28H29NO6. The number of carbonyl (C=O) groups excluding carboxylic acids is 2. The van der Waals surface area contributed by atoms with Crippen molar-refractivity contribution < 1.29 is 28.6 Å². The van der Waals surface area contributed by atoms with Crippen LogP contribution in [0.2, 0.25) is 0 Å². The molecule has 0 saturated carbocycles. The molecule has 1 aliphatic rings. The maximum atomic E-state index is 13.2. The molecule has 0 bridgehead atoms. The molecule has 1 fully saturated rings. The zero-order chi connectivity index (χ0) is 24.8. The molecule has 3 aromatic rings. The monoisotopic (exact) mass is 475 g/mol. The SMILES string of the molecule is CCCCOc1cccc(C2/C(=C(\O)c3ccc(OCC)cc3)C(=O)C(=O)N2Cc2ccco2)c1. The fourth-order valence-corrected chi connectivity index (χ4v) is 4.10. The van der Waals surface area contributed by atoms with Gasteiger partial charge in [-0.15, -0.1) is 0 Å². The maximum Gasteiger partial charge on any atom is 0.296 e. The van der Waals surface area contributed by atoms with E-state index in [2.05, 4.69) is 6.92 Å². The highest BCUT2D eigenvalue weighted by molar-refractivity contribution is 6.46. The van der Waals surface area contributed by atoms with Gasteiger partial charge in [-0.2, -0.15) is 0 Å². The Bertz CT molecular complexity index is 1200. The fourth-order valence-electron chi connectivity index (χ4n) is 4.10. The summed E-state index contributed by atoms with van der Waals surface area (Å²) < 4.78 is 16.8. The molecule has 0 spiro atoms. The van der Waals surface area contributed by atoms with Gasteiger partial charge in [0.25, 0.3) is 11.7 Å². The van der Waals surface area contributed by atoms with Crippen LogP contribution in [0, 0.1) is 0 Å². The van der Waals surface area contributed by atoms with E-state index in [1.807, 2.05) is 31.2 Å². The number of aliphatic hydroxyl groups is 1. The summed E-state index contributed by atoms with van der Waals surface area (Å²) in [5.41, 5.74) is 1.11. The molecule has 182 valence electrons. The number of aliphatic hydroxyl groups excluding tert-OH is 1. The first-order valence-corrected chi connectivity index (χ1v) is 11.8. The number of ether oxygens (including phenoxy) is 2. The quantitative estimate of drug-likeness (QED) is 0.181. The minimum atomic E-state index is -0.804. The van der Waals surface area contributed by atoms with Crippen LogP contribution in [0.5, 0.6) is 11.5 Å². The van der Waals surface area contributed by atoms with Gasteiger partial charge in [0.05, 0.1) is 37.6 Å². The molecule has 35 heavy (non-hydrogen) atoms. The minimum Gasteiger partial charge on any atom is -0.507 e. The Balaban J connectivity index is 1.77. The molecule has 7 heteroatoms. The van der Waals surface area contributed by atoms with Crippen LogP contribution in [0.15, 0.2) is 76.9 Å². The Morgan fingerprint density at radius 3 is 2.49 bits per heavy atom. The summed E-state index contributed by atoms with van der Waals surface area (Å²) in [7, 11) is 0. The molecule has 1 saturated heterocycles. The number of carbonyl (C=O) groups is 2. The van der Waals surface area contributed by atoms with E-state index < -0.39 is 17.7 Å². The highest BCUT2D eigenvalue weighted by Gasteiger charge is 2.46. The summed E-state index contributed by atoms with van der Waals surface area (Å²) >= 11 is 0. The van der Waals surface area contributed by atoms with Gasteiger partial charge in [0.1, 0.15) is 23.0 Å². The maximum absolute atomic E-state index is 13.2. The first kappa shape index (κ1) is 24.1. The largest absolute Gasteiger partial charge is 0.507 e. The van der Waals surface area contributed by atoms with Crippen molar-refractivity contribution in [1.82, 2.24) is 4.90 Å². The van der Waals surface area contributed by atoms with Crippen LogP contribution in [0.4, 0.5) is 0 Å². The third-order valence-electron chi connectivity index (χ3n) is 5.83. The lowest BCUT2D eigenvalue weighted by Crippen LogP contribution is -2.29. The van der Waals surface area contributed by atoms with Crippen LogP contribution >= 0.6 is 0 Å². The number of likely N-dealkylation sites (tertiary alicyclic amines) is 1. The Kier molecular flexibility index (Phi) is 7.55. The third-order valence-corrected chi connectivity index (χ3v) is 5.83. The van der Waals surface area contributed by atoms with E-state index in [1.165, 1.54) is 11.2 Å². The molecule has 2 aromatic carbocycles. The van der Waals surface area contributed by atoms with Crippen LogP contribution < -0.4 is 9.47 Å². The number of furan rings is 1. The lowest BCUT2D eigenvalue weighted by Gasteiger charge is -2.25. The molecule has 1 aromatic heterocycles. The molecule has 1 amide bonds. The predicted octanol–water partition coefficient (Wildman–Crippen LogP) is 5.48. The van der Waals surface area contributed by atoms with Gasteiger partial charge in [0.2, 0.25) is 0 Å². The fraction of sp³-hybridized carbons (Fsp3) is 0.286. The summed E-state index contributed by atoms with van der Waals surface area (Å²) in [4.78, 5) is 27.8. The van der Waals surface area contributed by atoms with Gasteiger partial charge in [0.15, 0.2) is 0 Å². The van der Waals surface area contributed by atoms with Crippen molar-refractivity contribution >= 4 is 17.4 Å². The summed E-state index contributed by atoms with van der Waals surface area (Å²) in [6.45, 7) is 5.14. The van der Waals surface area contributed by atoms with Crippen molar-refractivity contribution in [1.29, 1.82) is 0 Å². The topological polar surface area (TPSA) is 89.2 Å². The molecule has 2 heterocycles. The number of rotatable bonds is 10. The van der Waals surface area contributed by atoms with Gasteiger partial charge >= 0.3 is 0 Å². The number of unbranched alkanes of at least 4 members (excludes halogenated alkanes) is 1. The third kappa shape index (κ3) is 5.24. The standard InChI is InChI=1S/C28H29NO6/c1-3-5-15-34-22-9-6-8-20(17-22)25-24(26(30)19-11-13-21(14-12-19)33-4-2)27(31)28(32)29(25)18-23-10-7-16-35-23/h6-14,16-17,25,30H,3-5,15,18H2,1-2H3/b26-24+. The molecule has 1 unspecified atom stereocenters. The van der Waals surface area contributed by atoms with Gasteiger partial charge in [-0.3, -0.25) is 9.59 Å². The van der Waals surface area contributed by atoms with Gasteiger partial charge in [-0.05, 0) is 67.4 Å². The van der Waals surface area contributed by atoms with Crippen molar-refractivity contribution in [3.63, 3.8) is 0 Å². The van der Waals surface area contributed by atoms with E-state index in [9.17, 15) is 14.7 Å². The molecule has 0 radical (unpaired) electrons. The predicted molar refractivity (Wildman–Crippen MR) is 131 cm³/mol. The zero-order valence-electron chi connectivity index (χ0n) is 19.9. The van der Waals surface area contributed by atoms with Gasteiger partial charge in [-0.1, -0.05) is 25.5 Å². The van der Waals surface area contributed by atoms with Crippen molar-refractivity contribution in [3.8, 4) is 11.5 Å². The summed E-state index contributed by atoms with van der Waals surface area (Å²) in [6, 6.07) is 16.7. The van der Waals surface area contributed by atoms with Gasteiger partial charge in [-0.25, -0.2) is 0 Å². The van der Waals surface area contributed by atoms with E-state index in [1.54, 1.807) is 36.4 Å². The second-order valence-electron chi connectivity index (χ2n) is 8.24. The molecule has 4 rings (SSSR count). The van der Waals surface area contributed by atoms with Crippen LogP contribution in [-0.4, -0.2) is 34.9 Å². The molecule has 1 N–H and O–H groups in total. The van der Waals surface area contributed by atoms with Crippen LogP contribution in [0.3, 0.4) is 0 Å². The van der Waals surface area contributed by atoms with E-state index >= 15 is 0 Å². The second kappa shape index (κ2) is 11.0. The van der Waals surface area contributed by atoms with Crippen LogP contribution in [0.1, 0.15) is 49.6 Å². The number of hydrogen-bond acceptors (Lipinski definition) is 6. The number of Topliss-reactive ketones (excluding diaryl/α,β-unsaturated/α-hetero) is 1. The average Bonchev–Trinajstić information content (AvgIpc) is 3.47. The van der Waals surface area contributed by atoms with Crippen molar-refractivity contribution in [2.24, 2.45) is 0 Å². The summed E-state index contributed by atoms with van der Waals surface area (Å²) in [6.07, 6.45) is 3.44. The number of benzene rings is 2. The summed E-state index contributed by atoms with van der Waals surface area (Å²) in [5.74, 6) is 0.141. The van der Waals surface area contributed by atoms with Gasteiger partial charge in [0, 0.05) is 5.56 Å². The smallest absolute Gasteiger partial charge is 0.296 e. The van der Waals surface area contributed by atoms with Crippen LogP contribution in [0.25, 0.3) is 5.76 Å². The van der Waals surface area contributed by atoms with Gasteiger partial charge < -0.3 is 23.9 Å². The molecular weight excluding hydrogens is 446 g/mol. The number of nitrogens with zero attached hydrogens (tertiary/aromatic N) is 1. The molecule has 7 nitrogen and oxygen atoms in total. The number of hydrogen-bond donors (Lipinski definition) is 1. The Morgan fingerprint density at radius 2 is 1.80 bits per heavy atom. The normalized spacial score (nSPS) is 17.1. The second-order valence-corrected chi connectivity index (χ2v) is 8.24.